The Morgan fingerprint density at radius 3 is 1.54 bits per heavy atom. The fraction of sp³-hybridized carbons (Fsp3) is 0.676. The fourth-order valence-corrected chi connectivity index (χ4v) is 120. The molecule has 0 radical (unpaired) electrons. The second-order valence-corrected chi connectivity index (χ2v) is 47.9. The van der Waals surface area contributed by atoms with Crippen LogP contribution in [0.5, 0.6) is 0 Å². The van der Waals surface area contributed by atoms with E-state index in [1.54, 1.807) is 36.3 Å². The molecule has 1 nitrogen and oxygen atoms in total. The quantitative estimate of drug-likeness (QED) is 0.209. The molecule has 2 aromatic rings. The molecule has 12 fully saturated rings. The van der Waals surface area contributed by atoms with Gasteiger partial charge in [-0.2, -0.15) is 0 Å². The van der Waals surface area contributed by atoms with E-state index < -0.39 is 6.51 Å². The van der Waals surface area contributed by atoms with Gasteiger partial charge in [0.1, 0.15) is 0 Å². The summed E-state index contributed by atoms with van der Waals surface area (Å²) in [7, 11) is 2.51. The Hall–Kier alpha value is -0.221. The van der Waals surface area contributed by atoms with Crippen molar-refractivity contribution in [2.24, 2.45) is 0 Å². The van der Waals surface area contributed by atoms with Crippen LogP contribution in [0.2, 0.25) is 42.8 Å². The van der Waals surface area contributed by atoms with Gasteiger partial charge >= 0.3 is 241 Å². The molecule has 0 aromatic heterocycles. The van der Waals surface area contributed by atoms with E-state index >= 15 is 0 Å². The first-order valence-electron chi connectivity index (χ1n) is 17.6. The molecule has 0 N–H and O–H groups in total. The summed E-state index contributed by atoms with van der Waals surface area (Å²) in [6, 6.07) is 25.4. The first-order chi connectivity index (χ1) is 19.9. The second-order valence-electron chi connectivity index (χ2n) is 19.0. The van der Waals surface area contributed by atoms with Gasteiger partial charge in [-0.15, -0.1) is 0 Å². The molecular formula is C37H47FeNP2. The number of benzene rings is 2. The maximum absolute atomic E-state index is 3.72. The third kappa shape index (κ3) is 0.653. The van der Waals surface area contributed by atoms with Crippen LogP contribution in [-0.4, -0.2) is 33.1 Å². The van der Waals surface area contributed by atoms with Crippen LogP contribution in [0.25, 0.3) is 0 Å². The molecule has 14 rings (SSSR count). The van der Waals surface area contributed by atoms with Crippen molar-refractivity contribution >= 4 is 26.6 Å². The zero-order valence-electron chi connectivity index (χ0n) is 24.9. The van der Waals surface area contributed by atoms with Gasteiger partial charge in [0.05, 0.1) is 0 Å². The molecule has 2 aromatic carbocycles. The van der Waals surface area contributed by atoms with Gasteiger partial charge in [0, 0.05) is 0 Å². The van der Waals surface area contributed by atoms with Crippen LogP contribution in [0.15, 0.2) is 60.7 Å². The van der Waals surface area contributed by atoms with Crippen LogP contribution in [0.1, 0.15) is 71.1 Å². The van der Waals surface area contributed by atoms with E-state index in [0.717, 1.165) is 25.7 Å². The summed E-state index contributed by atoms with van der Waals surface area (Å²) in [4.78, 5) is 10.8. The molecule has 12 aliphatic rings. The normalized spacial score (nSPS) is 64.7. The summed E-state index contributed by atoms with van der Waals surface area (Å²) in [6.45, 7) is -0.805. The topological polar surface area (TPSA) is 3.24 Å². The van der Waals surface area contributed by atoms with E-state index in [1.807, 2.05) is 0 Å². The number of rotatable bonds is 8. The van der Waals surface area contributed by atoms with Crippen LogP contribution in [0, 0.1) is 0 Å². The summed E-state index contributed by atoms with van der Waals surface area (Å²) in [5.74, 6) is 0. The molecule has 6 atom stereocenters. The van der Waals surface area contributed by atoms with Crippen LogP contribution >= 0.6 is 16.0 Å². The van der Waals surface area contributed by atoms with Gasteiger partial charge in [0.15, 0.2) is 0 Å². The van der Waals surface area contributed by atoms with Crippen molar-refractivity contribution in [2.45, 2.75) is 135 Å². The molecule has 2 saturated carbocycles. The van der Waals surface area contributed by atoms with Gasteiger partial charge in [-0.1, -0.05) is 0 Å². The minimum atomic E-state index is -3.72. The predicted octanol–water partition coefficient (Wildman–Crippen LogP) is 10.2. The number of fused-ring (bicyclic) bond motifs is 10. The molecule has 10 heterocycles. The van der Waals surface area contributed by atoms with Crippen molar-refractivity contribution in [3.05, 3.63) is 60.7 Å². The molecule has 10 saturated heterocycles. The molecule has 10 aliphatic heterocycles. The molecule has 4 heteroatoms. The van der Waals surface area contributed by atoms with Crippen LogP contribution < -0.4 is 10.6 Å². The molecule has 218 valence electrons. The summed E-state index contributed by atoms with van der Waals surface area (Å²) in [5, 5.41) is 3.55. The molecule has 4 unspecified atom stereocenters. The molecule has 1 spiro atoms. The average Bonchev–Trinajstić information content (AvgIpc) is 3.98. The van der Waals surface area contributed by atoms with Gasteiger partial charge in [0.2, 0.25) is 0 Å². The summed E-state index contributed by atoms with van der Waals surface area (Å²) in [5.41, 5.74) is 2.09. The Balaban J connectivity index is 0.994. The van der Waals surface area contributed by atoms with Gasteiger partial charge in [-0.3, -0.25) is 0 Å². The van der Waals surface area contributed by atoms with Crippen LogP contribution in [-0.2, 0) is 6.51 Å². The van der Waals surface area contributed by atoms with Gasteiger partial charge in [0.25, 0.3) is 0 Å². The first-order valence-corrected chi connectivity index (χ1v) is 26.5. The minimum absolute atomic E-state index is 0.000603. The SMILES string of the molecule is C[C@@H](N(C)P(C1CCCCC1)C1CCCCC1)[C@@]12[CH]3[CH]4[CH]5[C]1(P(c1ccccc1)c1ccccc1)[Fe]45321678[CH]2[CH]1[CH]6[CH]7[CH]28. The third-order valence-electron chi connectivity index (χ3n) is 22.7. The first kappa shape index (κ1) is 22.3. The zero-order valence-corrected chi connectivity index (χ0v) is 27.8. The third-order valence-corrected chi connectivity index (χ3v) is 76.5. The van der Waals surface area contributed by atoms with E-state index in [-0.39, 0.29) is 16.0 Å². The Morgan fingerprint density at radius 2 is 1.12 bits per heavy atom. The molecule has 0 amide bonds. The fourth-order valence-electron chi connectivity index (χ4n) is 24.1. The standard InChI is InChI=1S/C32H42NP2.C5H5.Fe/c1-26(33(2)35(29-20-11-5-12-21-29)30-22-13-6-14-23-30)31-24-15-25-32(31)34(27-16-7-3-8-17-27)28-18-9-4-10-19-28;1-2-4-5-3-1;/h3-4,7-10,15-19,24-26,29-30H,5-6,11-14,20-23H2,1-2H3;1-5H;/t26-;;/m1../s1. The van der Waals surface area contributed by atoms with Gasteiger partial charge < -0.3 is 0 Å². The van der Waals surface area contributed by atoms with E-state index in [1.165, 1.54) is 77.1 Å². The Kier molecular flexibility index (Phi) is 2.09. The van der Waals surface area contributed by atoms with Crippen molar-refractivity contribution in [1.82, 2.24) is 4.67 Å². The van der Waals surface area contributed by atoms with Gasteiger partial charge in [-0.05, 0) is 0 Å². The monoisotopic (exact) mass is 623 g/mol. The Bertz CT molecular complexity index is 1840. The molecule has 41 heavy (non-hydrogen) atoms. The van der Waals surface area contributed by atoms with Crippen molar-refractivity contribution < 1.29 is 6.51 Å². The van der Waals surface area contributed by atoms with E-state index in [0.29, 0.717) is 0 Å². The Labute approximate surface area is 239 Å². The average molecular weight is 624 g/mol. The Morgan fingerprint density at radius 1 is 0.659 bits per heavy atom. The molecule has 0 bridgehead atoms. The summed E-state index contributed by atoms with van der Waals surface area (Å²) < 4.78 is 4.98. The summed E-state index contributed by atoms with van der Waals surface area (Å²) >= 11 is 0. The second kappa shape index (κ2) is 3.84. The van der Waals surface area contributed by atoms with Crippen molar-refractivity contribution in [3.8, 4) is 0 Å². The molecule has 2 aliphatic carbocycles. The van der Waals surface area contributed by atoms with E-state index in [4.69, 9.17) is 0 Å². The number of nitrogens with zero attached hydrogens (tertiary/aromatic N) is 1. The summed E-state index contributed by atoms with van der Waals surface area (Å²) in [6.07, 6.45) is 15.3. The number of hydrogen-bond donors (Lipinski definition) is 0. The van der Waals surface area contributed by atoms with Crippen molar-refractivity contribution in [1.29, 1.82) is 0 Å². The van der Waals surface area contributed by atoms with E-state index in [2.05, 4.69) is 79.3 Å². The van der Waals surface area contributed by atoms with Crippen molar-refractivity contribution in [2.75, 3.05) is 7.05 Å². The predicted molar refractivity (Wildman–Crippen MR) is 172 cm³/mol. The van der Waals surface area contributed by atoms with E-state index in [9.17, 15) is 0 Å². The van der Waals surface area contributed by atoms with Crippen molar-refractivity contribution in [3.63, 3.8) is 0 Å². The maximum atomic E-state index is 3.30. The number of hydrogen-bond acceptors (Lipinski definition) is 1. The van der Waals surface area contributed by atoms with Crippen LogP contribution in [0.4, 0.5) is 0 Å². The zero-order chi connectivity index (χ0) is 26.7. The molecular weight excluding hydrogens is 576 g/mol. The van der Waals surface area contributed by atoms with Crippen LogP contribution in [0.3, 0.4) is 0 Å². The van der Waals surface area contributed by atoms with Gasteiger partial charge in [-0.25, -0.2) is 0 Å².